The highest BCUT2D eigenvalue weighted by molar-refractivity contribution is 5.00. The molecule has 0 bridgehead atoms. The molecule has 0 radical (unpaired) electrons. The summed E-state index contributed by atoms with van der Waals surface area (Å²) in [5.41, 5.74) is 0.373. The van der Waals surface area contributed by atoms with E-state index in [0.29, 0.717) is 11.6 Å². The first-order valence-electron chi connectivity index (χ1n) is 8.03. The second-order valence-electron chi connectivity index (χ2n) is 6.87. The van der Waals surface area contributed by atoms with Crippen LogP contribution in [0.5, 0.6) is 0 Å². The van der Waals surface area contributed by atoms with Crippen LogP contribution in [0.1, 0.15) is 60.3 Å². The Labute approximate surface area is 114 Å². The predicted octanol–water partition coefficient (Wildman–Crippen LogP) is 3.27. The summed E-state index contributed by atoms with van der Waals surface area (Å²) >= 11 is 0. The lowest BCUT2D eigenvalue weighted by atomic mass is 9.86. The average Bonchev–Trinajstić information content (AvgIpc) is 2.72. The highest BCUT2D eigenvalue weighted by atomic mass is 15.3. The summed E-state index contributed by atoms with van der Waals surface area (Å²) in [6.45, 7) is 14.4. The van der Waals surface area contributed by atoms with Gasteiger partial charge in [0.05, 0.1) is 0 Å². The predicted molar refractivity (Wildman–Crippen MR) is 78.8 cm³/mol. The van der Waals surface area contributed by atoms with Gasteiger partial charge in [-0.1, -0.05) is 27.7 Å². The van der Waals surface area contributed by atoms with E-state index in [-0.39, 0.29) is 0 Å². The van der Waals surface area contributed by atoms with Gasteiger partial charge in [0.1, 0.15) is 0 Å². The third-order valence-electron chi connectivity index (χ3n) is 6.03. The third-order valence-corrected chi connectivity index (χ3v) is 6.03. The van der Waals surface area contributed by atoms with E-state index in [0.717, 1.165) is 17.9 Å². The van der Waals surface area contributed by atoms with Crippen LogP contribution in [-0.4, -0.2) is 35.6 Å². The Bertz CT molecular complexity index is 272. The largest absolute Gasteiger partial charge is 0.308 e. The summed E-state index contributed by atoms with van der Waals surface area (Å²) in [5.74, 6) is 1.78. The number of hydrogen-bond acceptors (Lipinski definition) is 2. The van der Waals surface area contributed by atoms with Gasteiger partial charge in [-0.15, -0.1) is 0 Å². The first-order chi connectivity index (χ1) is 8.53. The van der Waals surface area contributed by atoms with Crippen LogP contribution >= 0.6 is 0 Å². The Morgan fingerprint density at radius 3 is 2.28 bits per heavy atom. The molecule has 2 nitrogen and oxygen atoms in total. The fourth-order valence-corrected chi connectivity index (χ4v) is 4.02. The van der Waals surface area contributed by atoms with Crippen molar-refractivity contribution in [1.82, 2.24) is 10.2 Å². The third kappa shape index (κ3) is 2.46. The quantitative estimate of drug-likeness (QED) is 0.829. The van der Waals surface area contributed by atoms with Crippen molar-refractivity contribution in [2.75, 3.05) is 13.1 Å². The van der Waals surface area contributed by atoms with Crippen LogP contribution in [0.15, 0.2) is 0 Å². The van der Waals surface area contributed by atoms with Crippen molar-refractivity contribution < 1.29 is 0 Å². The van der Waals surface area contributed by atoms with Gasteiger partial charge in [0, 0.05) is 30.7 Å². The van der Waals surface area contributed by atoms with Crippen LogP contribution in [0.25, 0.3) is 0 Å². The fourth-order valence-electron chi connectivity index (χ4n) is 4.02. The normalized spacial score (nSPS) is 41.2. The summed E-state index contributed by atoms with van der Waals surface area (Å²) in [6.07, 6.45) is 5.34. The maximum atomic E-state index is 3.82. The molecule has 0 amide bonds. The maximum Gasteiger partial charge on any atom is 0.0304 e. The van der Waals surface area contributed by atoms with Crippen LogP contribution in [-0.2, 0) is 0 Å². The van der Waals surface area contributed by atoms with Gasteiger partial charge in [-0.05, 0) is 44.4 Å². The number of rotatable bonds is 3. The standard InChI is InChI=1S/C16H32N2/c1-6-16(7-2)11-18(13(4)10-17-16)15-9-8-12(3)14(15)5/h12-15,17H,6-11H2,1-5H3. The Morgan fingerprint density at radius 2 is 1.78 bits per heavy atom. The first-order valence-corrected chi connectivity index (χ1v) is 8.03. The minimum absolute atomic E-state index is 0.373. The zero-order valence-corrected chi connectivity index (χ0v) is 13.0. The smallest absolute Gasteiger partial charge is 0.0304 e. The summed E-state index contributed by atoms with van der Waals surface area (Å²) in [5, 5.41) is 3.82. The molecule has 4 unspecified atom stereocenters. The van der Waals surface area contributed by atoms with E-state index in [9.17, 15) is 0 Å². The minimum Gasteiger partial charge on any atom is -0.308 e. The molecule has 0 aromatic carbocycles. The zero-order valence-electron chi connectivity index (χ0n) is 13.0. The molecule has 18 heavy (non-hydrogen) atoms. The molecule has 1 saturated heterocycles. The highest BCUT2D eigenvalue weighted by Gasteiger charge is 2.42. The van der Waals surface area contributed by atoms with Crippen LogP contribution in [0, 0.1) is 11.8 Å². The molecule has 1 N–H and O–H groups in total. The molecule has 2 aliphatic rings. The number of nitrogens with zero attached hydrogens (tertiary/aromatic N) is 1. The topological polar surface area (TPSA) is 15.3 Å². The summed E-state index contributed by atoms with van der Waals surface area (Å²) < 4.78 is 0. The van der Waals surface area contributed by atoms with E-state index in [4.69, 9.17) is 0 Å². The van der Waals surface area contributed by atoms with Crippen molar-refractivity contribution >= 4 is 0 Å². The van der Waals surface area contributed by atoms with Crippen molar-refractivity contribution in [2.45, 2.75) is 77.9 Å². The molecule has 4 atom stereocenters. The average molecular weight is 252 g/mol. The van der Waals surface area contributed by atoms with Crippen LogP contribution in [0.4, 0.5) is 0 Å². The summed E-state index contributed by atoms with van der Waals surface area (Å²) in [4.78, 5) is 2.83. The van der Waals surface area contributed by atoms with Crippen molar-refractivity contribution in [3.63, 3.8) is 0 Å². The molecular formula is C16H32N2. The first kappa shape index (κ1) is 14.3. The van der Waals surface area contributed by atoms with Gasteiger partial charge < -0.3 is 5.32 Å². The van der Waals surface area contributed by atoms with Crippen molar-refractivity contribution in [1.29, 1.82) is 0 Å². The second-order valence-corrected chi connectivity index (χ2v) is 6.87. The maximum absolute atomic E-state index is 3.82. The Balaban J connectivity index is 2.10. The van der Waals surface area contributed by atoms with E-state index in [1.165, 1.54) is 38.8 Å². The van der Waals surface area contributed by atoms with E-state index < -0.39 is 0 Å². The van der Waals surface area contributed by atoms with Crippen molar-refractivity contribution in [3.05, 3.63) is 0 Å². The molecule has 1 aliphatic heterocycles. The molecular weight excluding hydrogens is 220 g/mol. The second kappa shape index (κ2) is 5.50. The molecule has 1 aliphatic carbocycles. The molecule has 0 aromatic rings. The van der Waals surface area contributed by atoms with Crippen molar-refractivity contribution in [2.24, 2.45) is 11.8 Å². The molecule has 2 rings (SSSR count). The number of nitrogens with one attached hydrogen (secondary N) is 1. The lowest BCUT2D eigenvalue weighted by molar-refractivity contribution is 0.0294. The lowest BCUT2D eigenvalue weighted by Gasteiger charge is -2.50. The van der Waals surface area contributed by atoms with E-state index in [2.05, 4.69) is 44.8 Å². The monoisotopic (exact) mass is 252 g/mol. The molecule has 1 saturated carbocycles. The molecule has 106 valence electrons. The molecule has 2 heteroatoms. The minimum atomic E-state index is 0.373. The zero-order chi connectivity index (χ0) is 13.3. The van der Waals surface area contributed by atoms with Gasteiger partial charge in [-0.3, -0.25) is 4.90 Å². The van der Waals surface area contributed by atoms with Gasteiger partial charge in [0.15, 0.2) is 0 Å². The Kier molecular flexibility index (Phi) is 4.38. The van der Waals surface area contributed by atoms with Gasteiger partial charge in [0.2, 0.25) is 0 Å². The Morgan fingerprint density at radius 1 is 1.11 bits per heavy atom. The van der Waals surface area contributed by atoms with Gasteiger partial charge in [-0.2, -0.15) is 0 Å². The molecule has 0 spiro atoms. The van der Waals surface area contributed by atoms with E-state index in [1.807, 2.05) is 0 Å². The van der Waals surface area contributed by atoms with Gasteiger partial charge in [-0.25, -0.2) is 0 Å². The van der Waals surface area contributed by atoms with Crippen LogP contribution < -0.4 is 5.32 Å². The van der Waals surface area contributed by atoms with Crippen LogP contribution in [0.2, 0.25) is 0 Å². The van der Waals surface area contributed by atoms with Gasteiger partial charge >= 0.3 is 0 Å². The molecule has 0 aromatic heterocycles. The fraction of sp³-hybridized carbons (Fsp3) is 1.00. The summed E-state index contributed by atoms with van der Waals surface area (Å²) in [7, 11) is 0. The molecule has 1 heterocycles. The van der Waals surface area contributed by atoms with Gasteiger partial charge in [0.25, 0.3) is 0 Å². The van der Waals surface area contributed by atoms with E-state index in [1.54, 1.807) is 0 Å². The SMILES string of the molecule is CCC1(CC)CN(C2CCC(C)C2C)C(C)CN1. The molecule has 2 fully saturated rings. The van der Waals surface area contributed by atoms with Crippen molar-refractivity contribution in [3.8, 4) is 0 Å². The number of piperazine rings is 1. The van der Waals surface area contributed by atoms with E-state index >= 15 is 0 Å². The highest BCUT2D eigenvalue weighted by Crippen LogP contribution is 2.37. The summed E-state index contributed by atoms with van der Waals surface area (Å²) in [6, 6.07) is 1.53. The number of hydrogen-bond donors (Lipinski definition) is 1. The van der Waals surface area contributed by atoms with Crippen LogP contribution in [0.3, 0.4) is 0 Å². The Hall–Kier alpha value is -0.0800. The lowest BCUT2D eigenvalue weighted by Crippen LogP contribution is -2.65.